The van der Waals surface area contributed by atoms with Gasteiger partial charge in [-0.3, -0.25) is 9.59 Å². The van der Waals surface area contributed by atoms with Crippen LogP contribution in [0, 0.1) is 17.3 Å². The molecule has 0 amide bonds. The first kappa shape index (κ1) is 41.9. The van der Waals surface area contributed by atoms with Crippen LogP contribution < -0.4 is 0 Å². The summed E-state index contributed by atoms with van der Waals surface area (Å²) in [6, 6.07) is 0. The van der Waals surface area contributed by atoms with Crippen LogP contribution in [-0.2, 0) is 9.59 Å². The monoisotopic (exact) mass is 609 g/mol. The lowest BCUT2D eigenvalue weighted by Crippen LogP contribution is -2.31. The highest BCUT2D eigenvalue weighted by atomic mass is 16.4. The van der Waals surface area contributed by atoms with Gasteiger partial charge in [-0.25, -0.2) is 0 Å². The van der Waals surface area contributed by atoms with E-state index in [0.717, 1.165) is 76.0 Å². The fourth-order valence-electron chi connectivity index (χ4n) is 6.65. The third kappa shape index (κ3) is 28.2. The van der Waals surface area contributed by atoms with Crippen LogP contribution in [0.1, 0.15) is 220 Å². The second kappa shape index (κ2) is 29.6. The first-order chi connectivity index (χ1) is 20.7. The van der Waals surface area contributed by atoms with Crippen LogP contribution >= 0.6 is 0 Å². The van der Waals surface area contributed by atoms with E-state index in [1.807, 2.05) is 0 Å². The lowest BCUT2D eigenvalue weighted by Gasteiger charge is -2.30. The van der Waals surface area contributed by atoms with Crippen molar-refractivity contribution in [2.75, 3.05) is 0 Å². The first-order valence-electron chi connectivity index (χ1n) is 19.1. The summed E-state index contributed by atoms with van der Waals surface area (Å²) >= 11 is 0. The van der Waals surface area contributed by atoms with Gasteiger partial charge < -0.3 is 10.2 Å². The van der Waals surface area contributed by atoms with Crippen molar-refractivity contribution in [3.63, 3.8) is 0 Å². The van der Waals surface area contributed by atoms with Crippen LogP contribution in [0.5, 0.6) is 0 Å². The molecule has 0 unspecified atom stereocenters. The van der Waals surface area contributed by atoms with Crippen LogP contribution in [0.15, 0.2) is 0 Å². The van der Waals surface area contributed by atoms with Crippen molar-refractivity contribution in [3.8, 4) is 0 Å². The lowest BCUT2D eigenvalue weighted by molar-refractivity contribution is -0.150. The Morgan fingerprint density at radius 3 is 0.930 bits per heavy atom. The summed E-state index contributed by atoms with van der Waals surface area (Å²) in [6.45, 7) is 9.24. The Hall–Kier alpha value is -1.06. The molecule has 43 heavy (non-hydrogen) atoms. The summed E-state index contributed by atoms with van der Waals surface area (Å²) in [6.07, 6.45) is 34.5. The fraction of sp³-hybridized carbons (Fsp3) is 0.949. The Labute approximate surface area is 269 Å². The molecule has 2 N–H and O–H groups in total. The van der Waals surface area contributed by atoms with Crippen LogP contribution in [0.3, 0.4) is 0 Å². The Balaban J connectivity index is 4.33. The average molecular weight is 609 g/mol. The molecular weight excluding hydrogens is 532 g/mol. The number of carboxylic acid groups (broad SMARTS) is 2. The van der Waals surface area contributed by atoms with Gasteiger partial charge in [-0.2, -0.15) is 0 Å². The third-order valence-electron chi connectivity index (χ3n) is 9.62. The molecular formula is C39H76O4. The van der Waals surface area contributed by atoms with E-state index in [1.165, 1.54) is 116 Å². The van der Waals surface area contributed by atoms with E-state index in [2.05, 4.69) is 27.7 Å². The second-order valence-electron chi connectivity index (χ2n) is 14.8. The van der Waals surface area contributed by atoms with Gasteiger partial charge in [-0.05, 0) is 37.5 Å². The molecule has 0 bridgehead atoms. The van der Waals surface area contributed by atoms with Gasteiger partial charge in [0.2, 0.25) is 0 Å². The zero-order chi connectivity index (χ0) is 32.0. The number of hydrogen-bond donors (Lipinski definition) is 2. The summed E-state index contributed by atoms with van der Waals surface area (Å²) in [5.41, 5.74) is -0.585. The molecule has 0 aromatic rings. The minimum Gasteiger partial charge on any atom is -0.481 e. The summed E-state index contributed by atoms with van der Waals surface area (Å²) in [5.74, 6) is 0.339. The molecule has 0 aliphatic heterocycles. The normalized spacial score (nSPS) is 12.0. The van der Waals surface area contributed by atoms with E-state index < -0.39 is 17.4 Å². The van der Waals surface area contributed by atoms with Crippen molar-refractivity contribution in [3.05, 3.63) is 0 Å². The van der Waals surface area contributed by atoms with E-state index in [9.17, 15) is 14.7 Å². The molecule has 0 aromatic carbocycles. The molecule has 256 valence electrons. The zero-order valence-corrected chi connectivity index (χ0v) is 29.6. The van der Waals surface area contributed by atoms with Crippen molar-refractivity contribution in [2.24, 2.45) is 17.3 Å². The van der Waals surface area contributed by atoms with Crippen LogP contribution in [0.2, 0.25) is 0 Å². The molecule has 4 heteroatoms. The zero-order valence-electron chi connectivity index (χ0n) is 29.6. The molecule has 0 heterocycles. The van der Waals surface area contributed by atoms with Gasteiger partial charge in [0.05, 0.1) is 5.41 Å². The summed E-state index contributed by atoms with van der Waals surface area (Å²) in [5, 5.41) is 19.3. The maximum absolute atomic E-state index is 12.7. The first-order valence-corrected chi connectivity index (χ1v) is 19.1. The van der Waals surface area contributed by atoms with Gasteiger partial charge in [0.15, 0.2) is 0 Å². The van der Waals surface area contributed by atoms with Gasteiger partial charge >= 0.3 is 11.9 Å². The molecule has 4 nitrogen and oxygen atoms in total. The Morgan fingerprint density at radius 1 is 0.419 bits per heavy atom. The molecule has 0 aliphatic carbocycles. The van der Waals surface area contributed by atoms with E-state index in [0.29, 0.717) is 6.42 Å². The number of unbranched alkanes of at least 4 members (excludes halogenated alkanes) is 21. The van der Waals surface area contributed by atoms with Crippen molar-refractivity contribution < 1.29 is 19.8 Å². The Bertz CT molecular complexity index is 595. The van der Waals surface area contributed by atoms with Gasteiger partial charge in [-0.1, -0.05) is 188 Å². The number of hydrogen-bond acceptors (Lipinski definition) is 2. The highest BCUT2D eigenvalue weighted by Crippen LogP contribution is 2.38. The number of carbonyl (C=O) groups is 2. The van der Waals surface area contributed by atoms with Crippen molar-refractivity contribution >= 4 is 11.9 Å². The molecule has 0 radical (unpaired) electrons. The summed E-state index contributed by atoms with van der Waals surface area (Å²) < 4.78 is 0. The molecule has 0 spiro atoms. The average Bonchev–Trinajstić information content (AvgIpc) is 2.94. The minimum atomic E-state index is -0.733. The SMILES string of the molecule is CC(C)CCCCCCCCCCCCC(CCCCCCCCCCCCC(C)C)(CCCCCCC(=O)O)C(=O)O. The third-order valence-corrected chi connectivity index (χ3v) is 9.62. The van der Waals surface area contributed by atoms with Gasteiger partial charge in [0.1, 0.15) is 0 Å². The van der Waals surface area contributed by atoms with Crippen LogP contribution in [-0.4, -0.2) is 22.2 Å². The Kier molecular flexibility index (Phi) is 28.9. The van der Waals surface area contributed by atoms with E-state index in [-0.39, 0.29) is 6.42 Å². The van der Waals surface area contributed by atoms with Crippen molar-refractivity contribution in [1.29, 1.82) is 0 Å². The maximum Gasteiger partial charge on any atom is 0.309 e. The quantitative estimate of drug-likeness (QED) is 0.0713. The highest BCUT2D eigenvalue weighted by molar-refractivity contribution is 5.74. The van der Waals surface area contributed by atoms with Crippen LogP contribution in [0.25, 0.3) is 0 Å². The fourth-order valence-corrected chi connectivity index (χ4v) is 6.65. The molecule has 0 rings (SSSR count). The molecule has 0 saturated heterocycles. The van der Waals surface area contributed by atoms with E-state index in [4.69, 9.17) is 5.11 Å². The van der Waals surface area contributed by atoms with Gasteiger partial charge in [0.25, 0.3) is 0 Å². The van der Waals surface area contributed by atoms with Crippen molar-refractivity contribution in [2.45, 2.75) is 220 Å². The summed E-state index contributed by atoms with van der Waals surface area (Å²) in [4.78, 5) is 23.5. The Morgan fingerprint density at radius 2 is 0.674 bits per heavy atom. The minimum absolute atomic E-state index is 0.223. The van der Waals surface area contributed by atoms with Crippen LogP contribution in [0.4, 0.5) is 0 Å². The molecule has 0 aliphatic rings. The van der Waals surface area contributed by atoms with Crippen molar-refractivity contribution in [1.82, 2.24) is 0 Å². The van der Waals surface area contributed by atoms with Gasteiger partial charge in [0, 0.05) is 6.42 Å². The molecule has 0 atom stereocenters. The number of rotatable bonds is 34. The maximum atomic E-state index is 12.7. The lowest BCUT2D eigenvalue weighted by atomic mass is 9.74. The highest BCUT2D eigenvalue weighted by Gasteiger charge is 2.36. The standard InChI is InChI=1S/C39H76O4/c1-35(2)29-23-17-13-9-5-7-11-15-20-26-32-39(38(42)43,34-28-22-19-25-31-37(40)41)33-27-21-16-12-8-6-10-14-18-24-30-36(3)4/h35-36H,5-34H2,1-4H3,(H,40,41)(H,42,43). The topological polar surface area (TPSA) is 74.6 Å². The summed E-state index contributed by atoms with van der Waals surface area (Å²) in [7, 11) is 0. The number of carboxylic acids is 2. The predicted molar refractivity (Wildman–Crippen MR) is 186 cm³/mol. The second-order valence-corrected chi connectivity index (χ2v) is 14.8. The molecule has 0 aromatic heterocycles. The van der Waals surface area contributed by atoms with Gasteiger partial charge in [-0.15, -0.1) is 0 Å². The smallest absolute Gasteiger partial charge is 0.309 e. The number of aliphatic carboxylic acids is 2. The molecule has 0 fully saturated rings. The van der Waals surface area contributed by atoms with E-state index in [1.54, 1.807) is 0 Å². The predicted octanol–water partition coefficient (Wildman–Crippen LogP) is 13.2. The largest absolute Gasteiger partial charge is 0.481 e. The molecule has 0 saturated carbocycles. The van der Waals surface area contributed by atoms with E-state index >= 15 is 0 Å².